The first kappa shape index (κ1) is 24.7. The lowest BCUT2D eigenvalue weighted by Crippen LogP contribution is -2.92. The van der Waals surface area contributed by atoms with Crippen molar-refractivity contribution in [3.63, 3.8) is 0 Å². The molecule has 0 saturated heterocycles. The van der Waals surface area contributed by atoms with Gasteiger partial charge in [0.15, 0.2) is 0 Å². The summed E-state index contributed by atoms with van der Waals surface area (Å²) in [4.78, 5) is 0. The number of rotatable bonds is 5. The molecule has 4 rings (SSSR count). The van der Waals surface area contributed by atoms with E-state index >= 15 is 0 Å². The predicted molar refractivity (Wildman–Crippen MR) is 131 cm³/mol. The topological polar surface area (TPSA) is 119 Å². The van der Waals surface area contributed by atoms with Gasteiger partial charge in [0.2, 0.25) is 0 Å². The molecule has 0 spiro atoms. The van der Waals surface area contributed by atoms with Gasteiger partial charge in [0, 0.05) is 16.5 Å². The van der Waals surface area contributed by atoms with Crippen LogP contribution in [0.2, 0.25) is 0 Å². The maximum atomic E-state index is 11.6. The zero-order valence-electron chi connectivity index (χ0n) is 21.2. The molecule has 0 radical (unpaired) electrons. The molecule has 8 N–H and O–H groups in total. The summed E-state index contributed by atoms with van der Waals surface area (Å²) in [5, 5.41) is 21.9. The first-order valence-electron chi connectivity index (χ1n) is 13.2. The van der Waals surface area contributed by atoms with Crippen molar-refractivity contribution in [2.24, 2.45) is 45.8 Å². The van der Waals surface area contributed by atoms with Crippen molar-refractivity contribution in [2.45, 2.75) is 128 Å². The number of nitrogens with two attached hydrogens (primary N) is 3. The Balaban J connectivity index is 1.71. The number of aliphatic hydroxyl groups excluding tert-OH is 2. The van der Waals surface area contributed by atoms with Gasteiger partial charge in [-0.2, -0.15) is 0 Å². The van der Waals surface area contributed by atoms with Gasteiger partial charge in [-0.3, -0.25) is 0 Å². The maximum Gasteiger partial charge on any atom is 0.0939 e. The van der Waals surface area contributed by atoms with Crippen molar-refractivity contribution in [3.8, 4) is 0 Å². The van der Waals surface area contributed by atoms with Crippen molar-refractivity contribution >= 4 is 0 Å². The van der Waals surface area contributed by atoms with E-state index in [1.54, 1.807) is 0 Å². The molecule has 5 nitrogen and oxygen atoms in total. The van der Waals surface area contributed by atoms with Gasteiger partial charge in [0.1, 0.15) is 0 Å². The van der Waals surface area contributed by atoms with Crippen molar-refractivity contribution in [1.29, 1.82) is 0 Å². The Morgan fingerprint density at radius 1 is 0.938 bits per heavy atom. The highest BCUT2D eigenvalue weighted by molar-refractivity contribution is 5.45. The van der Waals surface area contributed by atoms with Gasteiger partial charge < -0.3 is 27.4 Å². The number of hydrogen-bond donors (Lipinski definition) is 5. The first-order chi connectivity index (χ1) is 14.8. The molecule has 32 heavy (non-hydrogen) atoms. The SMILES string of the molecule is CC(C)CCC[C@@H](C)[C@H]1CC[C@@]2(N)[C@]3(N)[C@H](O)C=C4C[C@@H](O)CC[C@]4(C)[C@@]3(N)CC[C@]12C. The van der Waals surface area contributed by atoms with Crippen molar-refractivity contribution in [1.82, 2.24) is 0 Å². The summed E-state index contributed by atoms with van der Waals surface area (Å²) in [6, 6.07) is 0. The van der Waals surface area contributed by atoms with Crippen LogP contribution in [0.4, 0.5) is 0 Å². The van der Waals surface area contributed by atoms with Crippen LogP contribution in [0.5, 0.6) is 0 Å². The van der Waals surface area contributed by atoms with E-state index in [0.29, 0.717) is 18.3 Å². The Morgan fingerprint density at radius 3 is 2.28 bits per heavy atom. The highest BCUT2D eigenvalue weighted by atomic mass is 16.3. The van der Waals surface area contributed by atoms with Gasteiger partial charge in [-0.1, -0.05) is 65.5 Å². The molecule has 5 heteroatoms. The fourth-order valence-electron chi connectivity index (χ4n) is 8.97. The third-order valence-electron chi connectivity index (χ3n) is 11.3. The van der Waals surface area contributed by atoms with Crippen LogP contribution in [-0.4, -0.2) is 39.0 Å². The van der Waals surface area contributed by atoms with Crippen LogP contribution in [0.25, 0.3) is 0 Å². The third-order valence-corrected chi connectivity index (χ3v) is 11.3. The zero-order chi connectivity index (χ0) is 23.7. The summed E-state index contributed by atoms with van der Waals surface area (Å²) in [7, 11) is 0. The molecule has 0 unspecified atom stereocenters. The number of aliphatic hydroxyl groups is 2. The van der Waals surface area contributed by atoms with E-state index in [4.69, 9.17) is 17.2 Å². The quantitative estimate of drug-likeness (QED) is 0.413. The van der Waals surface area contributed by atoms with E-state index in [9.17, 15) is 10.2 Å². The second-order valence-corrected chi connectivity index (χ2v) is 13.0. The second-order valence-electron chi connectivity index (χ2n) is 13.0. The summed E-state index contributed by atoms with van der Waals surface area (Å²) in [5.74, 6) is 1.83. The van der Waals surface area contributed by atoms with Crippen LogP contribution in [-0.2, 0) is 0 Å². The summed E-state index contributed by atoms with van der Waals surface area (Å²) >= 11 is 0. The third kappa shape index (κ3) is 2.94. The Hall–Kier alpha value is -0.460. The lowest BCUT2D eigenvalue weighted by Gasteiger charge is -2.72. The van der Waals surface area contributed by atoms with Gasteiger partial charge in [-0.15, -0.1) is 0 Å². The van der Waals surface area contributed by atoms with Gasteiger partial charge in [0.25, 0.3) is 0 Å². The Kier molecular flexibility index (Phi) is 5.99. The molecule has 3 fully saturated rings. The van der Waals surface area contributed by atoms with E-state index < -0.39 is 22.7 Å². The minimum Gasteiger partial charge on any atom is -0.393 e. The van der Waals surface area contributed by atoms with Gasteiger partial charge >= 0.3 is 0 Å². The van der Waals surface area contributed by atoms with Crippen LogP contribution >= 0.6 is 0 Å². The van der Waals surface area contributed by atoms with E-state index in [0.717, 1.165) is 50.0 Å². The van der Waals surface area contributed by atoms with E-state index in [2.05, 4.69) is 34.6 Å². The molecule has 0 heterocycles. The van der Waals surface area contributed by atoms with Crippen LogP contribution < -0.4 is 17.2 Å². The van der Waals surface area contributed by atoms with Crippen LogP contribution in [0.3, 0.4) is 0 Å². The van der Waals surface area contributed by atoms with Crippen molar-refractivity contribution in [2.75, 3.05) is 0 Å². The molecule has 9 atom stereocenters. The summed E-state index contributed by atoms with van der Waals surface area (Å²) in [6.07, 6.45) is 10.1. The molecule has 0 aliphatic heterocycles. The largest absolute Gasteiger partial charge is 0.393 e. The minimum absolute atomic E-state index is 0.140. The lowest BCUT2D eigenvalue weighted by molar-refractivity contribution is -0.142. The maximum absolute atomic E-state index is 11.6. The van der Waals surface area contributed by atoms with Crippen LogP contribution in [0.15, 0.2) is 11.6 Å². The van der Waals surface area contributed by atoms with Crippen LogP contribution in [0, 0.1) is 28.6 Å². The molecule has 4 aliphatic rings. The van der Waals surface area contributed by atoms with Crippen molar-refractivity contribution in [3.05, 3.63) is 11.6 Å². The van der Waals surface area contributed by atoms with Gasteiger partial charge in [-0.05, 0) is 68.1 Å². The Labute approximate surface area is 195 Å². The van der Waals surface area contributed by atoms with E-state index in [-0.39, 0.29) is 16.9 Å². The fourth-order valence-corrected chi connectivity index (χ4v) is 8.97. The summed E-state index contributed by atoms with van der Waals surface area (Å²) < 4.78 is 0. The normalized spacial score (nSPS) is 51.6. The summed E-state index contributed by atoms with van der Waals surface area (Å²) in [5.41, 5.74) is 20.2. The molecule has 4 aliphatic carbocycles. The molecular formula is C27H49N3O2. The molecule has 0 aromatic rings. The smallest absolute Gasteiger partial charge is 0.0939 e. The molecule has 0 aromatic heterocycles. The van der Waals surface area contributed by atoms with Crippen LogP contribution in [0.1, 0.15) is 98.8 Å². The van der Waals surface area contributed by atoms with E-state index in [1.165, 1.54) is 19.3 Å². The minimum atomic E-state index is -1.08. The predicted octanol–water partition coefficient (Wildman–Crippen LogP) is 3.60. The van der Waals surface area contributed by atoms with E-state index in [1.807, 2.05) is 6.08 Å². The summed E-state index contributed by atoms with van der Waals surface area (Å²) in [6.45, 7) is 11.5. The molecular weight excluding hydrogens is 398 g/mol. The highest BCUT2D eigenvalue weighted by Gasteiger charge is 2.78. The molecule has 0 bridgehead atoms. The molecule has 184 valence electrons. The lowest BCUT2D eigenvalue weighted by atomic mass is 9.38. The average Bonchev–Trinajstić information content (AvgIpc) is 2.99. The Morgan fingerprint density at radius 2 is 1.62 bits per heavy atom. The standard InChI is InChI=1S/C27H49N3O2/c1-17(2)7-6-8-18(3)21-10-12-25(28)24(21,5)13-14-26(29)23(4)11-9-20(31)15-19(23)16-22(32)27(25,26)30/h16-18,20-22,31-32H,6-15,28-30H2,1-5H3/t18-,20+,21-,22-,23+,24-,25+,26+,27-/m1/s1. The number of hydrogen-bond acceptors (Lipinski definition) is 5. The van der Waals surface area contributed by atoms with Crippen molar-refractivity contribution < 1.29 is 10.2 Å². The number of fused-ring (bicyclic) bond motifs is 5. The monoisotopic (exact) mass is 447 g/mol. The first-order valence-corrected chi connectivity index (χ1v) is 13.2. The zero-order valence-corrected chi connectivity index (χ0v) is 21.2. The van der Waals surface area contributed by atoms with Gasteiger partial charge in [0.05, 0.1) is 17.7 Å². The highest BCUT2D eigenvalue weighted by Crippen LogP contribution is 2.69. The molecule has 3 saturated carbocycles. The molecule has 0 amide bonds. The molecule has 0 aromatic carbocycles. The average molecular weight is 448 g/mol. The van der Waals surface area contributed by atoms with Gasteiger partial charge in [-0.25, -0.2) is 0 Å². The second kappa shape index (κ2) is 7.78. The Bertz CT molecular complexity index is 770. The fraction of sp³-hybridized carbons (Fsp3) is 0.926.